The van der Waals surface area contributed by atoms with Crippen LogP contribution in [0.3, 0.4) is 0 Å². The van der Waals surface area contributed by atoms with Crippen molar-refractivity contribution in [1.29, 1.82) is 0 Å². The molecule has 1 unspecified atom stereocenters. The van der Waals surface area contributed by atoms with E-state index in [0.29, 0.717) is 5.75 Å². The number of hydrogen-bond donors (Lipinski definition) is 2. The van der Waals surface area contributed by atoms with Gasteiger partial charge in [0.05, 0.1) is 0 Å². The quantitative estimate of drug-likeness (QED) is 0.790. The van der Waals surface area contributed by atoms with E-state index in [2.05, 4.69) is 0 Å². The van der Waals surface area contributed by atoms with Crippen molar-refractivity contribution < 1.29 is 14.9 Å². The Morgan fingerprint density at radius 3 is 2.29 bits per heavy atom. The zero-order valence-electron chi connectivity index (χ0n) is 9.28. The molecule has 0 amide bonds. The van der Waals surface area contributed by atoms with Gasteiger partial charge in [-0.25, -0.2) is 0 Å². The van der Waals surface area contributed by atoms with Gasteiger partial charge in [-0.15, -0.1) is 0 Å². The maximum atomic E-state index is 9.31. The summed E-state index contributed by atoms with van der Waals surface area (Å²) in [5, 5.41) is 18.1. The smallest absolute Gasteiger partial charge is 0.220 e. The highest BCUT2D eigenvalue weighted by Gasteiger charge is 2.09. The first-order valence-electron chi connectivity index (χ1n) is 5.41. The average Bonchev–Trinajstić information content (AvgIpc) is 2.40. The summed E-state index contributed by atoms with van der Waals surface area (Å²) in [4.78, 5) is 0. The van der Waals surface area contributed by atoms with Crippen molar-refractivity contribution in [3.63, 3.8) is 0 Å². The highest BCUT2D eigenvalue weighted by Crippen LogP contribution is 2.29. The van der Waals surface area contributed by atoms with Gasteiger partial charge in [0.2, 0.25) is 6.29 Å². The van der Waals surface area contributed by atoms with Gasteiger partial charge in [-0.2, -0.15) is 0 Å². The lowest BCUT2D eigenvalue weighted by Crippen LogP contribution is -2.20. The van der Waals surface area contributed by atoms with E-state index in [1.165, 1.54) is 0 Å². The monoisotopic (exact) mass is 230 g/mol. The zero-order chi connectivity index (χ0) is 12.1. The van der Waals surface area contributed by atoms with Crippen molar-refractivity contribution in [3.05, 3.63) is 54.6 Å². The molecule has 3 heteroatoms. The van der Waals surface area contributed by atoms with E-state index >= 15 is 0 Å². The van der Waals surface area contributed by atoms with Gasteiger partial charge >= 0.3 is 0 Å². The Morgan fingerprint density at radius 2 is 1.59 bits per heavy atom. The SMILES string of the molecule is OCC(O)Oc1ccccc1-c1ccccc1. The van der Waals surface area contributed by atoms with Gasteiger partial charge < -0.3 is 14.9 Å². The van der Waals surface area contributed by atoms with Crippen LogP contribution in [0.4, 0.5) is 0 Å². The molecule has 0 fully saturated rings. The molecule has 0 aliphatic carbocycles. The van der Waals surface area contributed by atoms with Gasteiger partial charge in [0.25, 0.3) is 0 Å². The lowest BCUT2D eigenvalue weighted by Gasteiger charge is -2.14. The van der Waals surface area contributed by atoms with E-state index in [4.69, 9.17) is 9.84 Å². The molecule has 0 saturated carbocycles. The third kappa shape index (κ3) is 2.84. The first-order valence-corrected chi connectivity index (χ1v) is 5.41. The molecular weight excluding hydrogens is 216 g/mol. The van der Waals surface area contributed by atoms with Crippen LogP contribution in [0.25, 0.3) is 11.1 Å². The van der Waals surface area contributed by atoms with Gasteiger partial charge in [0, 0.05) is 5.56 Å². The van der Waals surface area contributed by atoms with Crippen LogP contribution in [-0.4, -0.2) is 23.1 Å². The van der Waals surface area contributed by atoms with Gasteiger partial charge in [0.15, 0.2) is 0 Å². The number of rotatable bonds is 4. The molecule has 0 aliphatic rings. The van der Waals surface area contributed by atoms with E-state index < -0.39 is 12.9 Å². The van der Waals surface area contributed by atoms with Crippen molar-refractivity contribution in [2.45, 2.75) is 6.29 Å². The molecule has 0 aliphatic heterocycles. The van der Waals surface area contributed by atoms with Crippen LogP contribution >= 0.6 is 0 Å². The van der Waals surface area contributed by atoms with Crippen molar-refractivity contribution in [2.75, 3.05) is 6.61 Å². The molecule has 0 bridgehead atoms. The third-order valence-electron chi connectivity index (χ3n) is 2.39. The zero-order valence-corrected chi connectivity index (χ0v) is 9.28. The summed E-state index contributed by atoms with van der Waals surface area (Å²) < 4.78 is 5.25. The number of aliphatic hydroxyl groups is 2. The summed E-state index contributed by atoms with van der Waals surface area (Å²) >= 11 is 0. The molecule has 88 valence electrons. The maximum Gasteiger partial charge on any atom is 0.220 e. The minimum absolute atomic E-state index is 0.427. The molecule has 0 heterocycles. The first kappa shape index (κ1) is 11.6. The second kappa shape index (κ2) is 5.48. The van der Waals surface area contributed by atoms with Crippen LogP contribution in [0.5, 0.6) is 5.75 Å². The van der Waals surface area contributed by atoms with Crippen molar-refractivity contribution in [1.82, 2.24) is 0 Å². The summed E-state index contributed by atoms with van der Waals surface area (Å²) in [6, 6.07) is 17.2. The van der Waals surface area contributed by atoms with E-state index in [1.807, 2.05) is 48.5 Å². The summed E-state index contributed by atoms with van der Waals surface area (Å²) in [5.41, 5.74) is 1.90. The molecule has 2 aromatic carbocycles. The molecule has 2 N–H and O–H groups in total. The molecule has 17 heavy (non-hydrogen) atoms. The summed E-state index contributed by atoms with van der Waals surface area (Å²) in [7, 11) is 0. The largest absolute Gasteiger partial charge is 0.462 e. The Bertz CT molecular complexity index is 468. The highest BCUT2D eigenvalue weighted by atomic mass is 16.6. The fourth-order valence-corrected chi connectivity index (χ4v) is 1.61. The lowest BCUT2D eigenvalue weighted by atomic mass is 10.1. The number of hydrogen-bond acceptors (Lipinski definition) is 3. The Kier molecular flexibility index (Phi) is 3.75. The van der Waals surface area contributed by atoms with Gasteiger partial charge in [-0.05, 0) is 11.6 Å². The number of benzene rings is 2. The molecule has 0 saturated heterocycles. The van der Waals surface area contributed by atoms with Crippen molar-refractivity contribution >= 4 is 0 Å². The molecule has 2 rings (SSSR count). The van der Waals surface area contributed by atoms with Crippen LogP contribution < -0.4 is 4.74 Å². The third-order valence-corrected chi connectivity index (χ3v) is 2.39. The molecule has 0 spiro atoms. The van der Waals surface area contributed by atoms with Gasteiger partial charge in [-0.1, -0.05) is 48.5 Å². The van der Waals surface area contributed by atoms with E-state index in [9.17, 15) is 5.11 Å². The normalized spacial score (nSPS) is 12.1. The van der Waals surface area contributed by atoms with Crippen LogP contribution in [0.1, 0.15) is 0 Å². The lowest BCUT2D eigenvalue weighted by molar-refractivity contribution is -0.0545. The molecule has 1 atom stereocenters. The Labute approximate surface area is 99.9 Å². The standard InChI is InChI=1S/C14H14O3/c15-10-14(16)17-13-9-5-4-8-12(13)11-6-2-1-3-7-11/h1-9,14-16H,10H2. The van der Waals surface area contributed by atoms with Crippen LogP contribution in [0.15, 0.2) is 54.6 Å². The minimum atomic E-state index is -1.19. The van der Waals surface area contributed by atoms with Gasteiger partial charge in [0.1, 0.15) is 12.4 Å². The Balaban J connectivity index is 2.34. The summed E-state index contributed by atoms with van der Waals surface area (Å²) in [6.07, 6.45) is -1.19. The van der Waals surface area contributed by atoms with Crippen molar-refractivity contribution in [2.24, 2.45) is 0 Å². The second-order valence-corrected chi connectivity index (χ2v) is 3.62. The predicted octanol–water partition coefficient (Wildman–Crippen LogP) is 2.04. The van der Waals surface area contributed by atoms with Crippen LogP contribution in [-0.2, 0) is 0 Å². The van der Waals surface area contributed by atoms with E-state index in [-0.39, 0.29) is 0 Å². The topological polar surface area (TPSA) is 49.7 Å². The second-order valence-electron chi connectivity index (χ2n) is 3.62. The highest BCUT2D eigenvalue weighted by molar-refractivity contribution is 5.70. The van der Waals surface area contributed by atoms with Gasteiger partial charge in [-0.3, -0.25) is 0 Å². The Hall–Kier alpha value is -1.84. The number of para-hydroxylation sites is 1. The molecular formula is C14H14O3. The first-order chi connectivity index (χ1) is 8.31. The van der Waals surface area contributed by atoms with Crippen LogP contribution in [0, 0.1) is 0 Å². The predicted molar refractivity (Wildman–Crippen MR) is 65.6 cm³/mol. The summed E-state index contributed by atoms with van der Waals surface area (Å²) in [5.74, 6) is 0.556. The molecule has 3 nitrogen and oxygen atoms in total. The average molecular weight is 230 g/mol. The number of ether oxygens (including phenoxy) is 1. The molecule has 2 aromatic rings. The molecule has 0 aromatic heterocycles. The minimum Gasteiger partial charge on any atom is -0.462 e. The summed E-state index contributed by atoms with van der Waals surface area (Å²) in [6.45, 7) is -0.427. The molecule has 0 radical (unpaired) electrons. The maximum absolute atomic E-state index is 9.31. The van der Waals surface area contributed by atoms with Crippen molar-refractivity contribution in [3.8, 4) is 16.9 Å². The van der Waals surface area contributed by atoms with Crippen LogP contribution in [0.2, 0.25) is 0 Å². The Morgan fingerprint density at radius 1 is 0.941 bits per heavy atom. The fourth-order valence-electron chi connectivity index (χ4n) is 1.61. The fraction of sp³-hybridized carbons (Fsp3) is 0.143. The number of aliphatic hydroxyl groups excluding tert-OH is 2. The van der Waals surface area contributed by atoms with E-state index in [1.54, 1.807) is 6.07 Å². The van der Waals surface area contributed by atoms with E-state index in [0.717, 1.165) is 11.1 Å².